The van der Waals surface area contributed by atoms with Crippen LogP contribution in [0.4, 0.5) is 0 Å². The molecule has 3 aromatic rings. The quantitative estimate of drug-likeness (QED) is 0.520. The molecule has 0 unspecified atom stereocenters. The summed E-state index contributed by atoms with van der Waals surface area (Å²) in [5.41, 5.74) is 4.41. The molecule has 0 fully saturated rings. The number of para-hydroxylation sites is 1. The van der Waals surface area contributed by atoms with E-state index in [1.54, 1.807) is 0 Å². The molecule has 20 heavy (non-hydrogen) atoms. The van der Waals surface area contributed by atoms with Gasteiger partial charge in [-0.3, -0.25) is 4.79 Å². The molecular weight excluding hydrogens is 314 g/mol. The number of rotatable bonds is 3. The second-order valence-electron chi connectivity index (χ2n) is 4.57. The highest BCUT2D eigenvalue weighted by molar-refractivity contribution is 9.08. The van der Waals surface area contributed by atoms with E-state index in [1.165, 1.54) is 5.56 Å². The highest BCUT2D eigenvalue weighted by Crippen LogP contribution is 2.25. The number of pyridine rings is 1. The smallest absolute Gasteiger partial charge is 0.152 e. The molecule has 3 rings (SSSR count). The molecule has 1 heterocycles. The Kier molecular flexibility index (Phi) is 3.61. The largest absolute Gasteiger partial charge is 0.298 e. The first-order valence-electron chi connectivity index (χ1n) is 6.32. The summed E-state index contributed by atoms with van der Waals surface area (Å²) in [6.45, 7) is 0. The first-order chi connectivity index (χ1) is 9.81. The van der Waals surface area contributed by atoms with Crippen molar-refractivity contribution in [2.24, 2.45) is 0 Å². The SMILES string of the molecule is O=Cc1cc2ccccc2nc1-c1ccc(CBr)cc1. The molecule has 3 heteroatoms. The van der Waals surface area contributed by atoms with E-state index in [0.717, 1.165) is 33.8 Å². The molecule has 0 aliphatic carbocycles. The van der Waals surface area contributed by atoms with Crippen molar-refractivity contribution < 1.29 is 4.79 Å². The number of carbonyl (C=O) groups excluding carboxylic acids is 1. The van der Waals surface area contributed by atoms with Crippen LogP contribution in [0.1, 0.15) is 15.9 Å². The Morgan fingerprint density at radius 2 is 1.80 bits per heavy atom. The highest BCUT2D eigenvalue weighted by atomic mass is 79.9. The van der Waals surface area contributed by atoms with Crippen LogP contribution in [0.2, 0.25) is 0 Å². The summed E-state index contributed by atoms with van der Waals surface area (Å²) in [6, 6.07) is 17.8. The van der Waals surface area contributed by atoms with Gasteiger partial charge in [-0.25, -0.2) is 4.98 Å². The predicted octanol–water partition coefficient (Wildman–Crippen LogP) is 4.61. The highest BCUT2D eigenvalue weighted by Gasteiger charge is 2.08. The number of carbonyl (C=O) groups is 1. The lowest BCUT2D eigenvalue weighted by molar-refractivity contribution is 0.112. The molecular formula is C17H12BrNO. The summed E-state index contributed by atoms with van der Waals surface area (Å²) in [6.07, 6.45) is 0.868. The van der Waals surface area contributed by atoms with Gasteiger partial charge in [-0.05, 0) is 17.7 Å². The molecule has 0 atom stereocenters. The lowest BCUT2D eigenvalue weighted by Crippen LogP contribution is -1.93. The van der Waals surface area contributed by atoms with Crippen molar-refractivity contribution in [2.75, 3.05) is 0 Å². The van der Waals surface area contributed by atoms with Gasteiger partial charge in [-0.2, -0.15) is 0 Å². The average Bonchev–Trinajstić information content (AvgIpc) is 2.53. The predicted molar refractivity (Wildman–Crippen MR) is 85.2 cm³/mol. The number of hydrogen-bond acceptors (Lipinski definition) is 2. The number of hydrogen-bond donors (Lipinski definition) is 0. The van der Waals surface area contributed by atoms with E-state index >= 15 is 0 Å². The third-order valence-electron chi connectivity index (χ3n) is 3.26. The Balaban J connectivity index is 2.19. The monoisotopic (exact) mass is 325 g/mol. The van der Waals surface area contributed by atoms with Crippen molar-refractivity contribution in [2.45, 2.75) is 5.33 Å². The van der Waals surface area contributed by atoms with Crippen molar-refractivity contribution in [1.29, 1.82) is 0 Å². The summed E-state index contributed by atoms with van der Waals surface area (Å²) in [5, 5.41) is 1.80. The third-order valence-corrected chi connectivity index (χ3v) is 3.91. The van der Waals surface area contributed by atoms with E-state index in [4.69, 9.17) is 0 Å². The van der Waals surface area contributed by atoms with Crippen LogP contribution in [0.3, 0.4) is 0 Å². The topological polar surface area (TPSA) is 30.0 Å². The molecule has 98 valence electrons. The van der Waals surface area contributed by atoms with E-state index in [9.17, 15) is 4.79 Å². The Morgan fingerprint density at radius 1 is 1.05 bits per heavy atom. The van der Waals surface area contributed by atoms with Gasteiger partial charge in [0.05, 0.1) is 11.2 Å². The molecule has 0 aliphatic heterocycles. The zero-order valence-electron chi connectivity index (χ0n) is 10.7. The first-order valence-corrected chi connectivity index (χ1v) is 7.44. The molecule has 0 saturated carbocycles. The van der Waals surface area contributed by atoms with Crippen molar-refractivity contribution in [3.8, 4) is 11.3 Å². The molecule has 0 saturated heterocycles. The van der Waals surface area contributed by atoms with E-state index < -0.39 is 0 Å². The Bertz CT molecular complexity index is 766. The van der Waals surface area contributed by atoms with Gasteiger partial charge < -0.3 is 0 Å². The summed E-state index contributed by atoms with van der Waals surface area (Å²) < 4.78 is 0. The zero-order chi connectivity index (χ0) is 13.9. The molecule has 0 aliphatic rings. The number of nitrogens with zero attached hydrogens (tertiary/aromatic N) is 1. The van der Waals surface area contributed by atoms with Gasteiger partial charge in [0, 0.05) is 21.8 Å². The van der Waals surface area contributed by atoms with E-state index in [0.29, 0.717) is 5.56 Å². The molecule has 2 nitrogen and oxygen atoms in total. The van der Waals surface area contributed by atoms with Crippen LogP contribution in [0.5, 0.6) is 0 Å². The Hall–Kier alpha value is -2.00. The number of aromatic nitrogens is 1. The second kappa shape index (κ2) is 5.55. The average molecular weight is 326 g/mol. The minimum absolute atomic E-state index is 0.621. The fourth-order valence-electron chi connectivity index (χ4n) is 2.21. The van der Waals surface area contributed by atoms with Crippen LogP contribution in [0, 0.1) is 0 Å². The Morgan fingerprint density at radius 3 is 2.50 bits per heavy atom. The molecule has 1 aromatic heterocycles. The second-order valence-corrected chi connectivity index (χ2v) is 5.13. The van der Waals surface area contributed by atoms with Crippen LogP contribution in [-0.4, -0.2) is 11.3 Å². The van der Waals surface area contributed by atoms with Gasteiger partial charge in [-0.1, -0.05) is 58.4 Å². The number of benzene rings is 2. The maximum atomic E-state index is 11.3. The number of alkyl halides is 1. The van der Waals surface area contributed by atoms with Gasteiger partial charge in [0.1, 0.15) is 0 Å². The van der Waals surface area contributed by atoms with Crippen LogP contribution in [-0.2, 0) is 5.33 Å². The third kappa shape index (κ3) is 2.37. The first kappa shape index (κ1) is 13.0. The molecule has 0 radical (unpaired) electrons. The molecule has 2 aromatic carbocycles. The lowest BCUT2D eigenvalue weighted by Gasteiger charge is -2.07. The van der Waals surface area contributed by atoms with Crippen LogP contribution >= 0.6 is 15.9 Å². The van der Waals surface area contributed by atoms with Gasteiger partial charge in [0.15, 0.2) is 6.29 Å². The van der Waals surface area contributed by atoms with Gasteiger partial charge >= 0.3 is 0 Å². The van der Waals surface area contributed by atoms with Gasteiger partial charge in [0.2, 0.25) is 0 Å². The minimum atomic E-state index is 0.621. The maximum Gasteiger partial charge on any atom is 0.152 e. The number of fused-ring (bicyclic) bond motifs is 1. The fourth-order valence-corrected chi connectivity index (χ4v) is 2.58. The summed E-state index contributed by atoms with van der Waals surface area (Å²) in [5.74, 6) is 0. The van der Waals surface area contributed by atoms with Crippen molar-refractivity contribution in [1.82, 2.24) is 4.98 Å². The van der Waals surface area contributed by atoms with Crippen LogP contribution in [0.25, 0.3) is 22.2 Å². The Labute approximate surface area is 125 Å². The van der Waals surface area contributed by atoms with Crippen LogP contribution in [0.15, 0.2) is 54.6 Å². The van der Waals surface area contributed by atoms with E-state index in [1.807, 2.05) is 54.6 Å². The minimum Gasteiger partial charge on any atom is -0.298 e. The van der Waals surface area contributed by atoms with Gasteiger partial charge in [0.25, 0.3) is 0 Å². The number of aldehydes is 1. The summed E-state index contributed by atoms with van der Waals surface area (Å²) >= 11 is 3.43. The fraction of sp³-hybridized carbons (Fsp3) is 0.0588. The van der Waals surface area contributed by atoms with Crippen molar-refractivity contribution >= 4 is 33.1 Å². The standard InChI is InChI=1S/C17H12BrNO/c18-10-12-5-7-13(8-6-12)17-15(11-20)9-14-3-1-2-4-16(14)19-17/h1-9,11H,10H2. The van der Waals surface area contributed by atoms with Crippen molar-refractivity contribution in [3.63, 3.8) is 0 Å². The van der Waals surface area contributed by atoms with Crippen molar-refractivity contribution in [3.05, 3.63) is 65.7 Å². The normalized spacial score (nSPS) is 10.7. The number of halogens is 1. The maximum absolute atomic E-state index is 11.3. The molecule has 0 amide bonds. The summed E-state index contributed by atoms with van der Waals surface area (Å²) in [4.78, 5) is 15.9. The molecule has 0 N–H and O–H groups in total. The van der Waals surface area contributed by atoms with E-state index in [-0.39, 0.29) is 0 Å². The molecule has 0 spiro atoms. The molecule has 0 bridgehead atoms. The van der Waals surface area contributed by atoms with Crippen LogP contribution < -0.4 is 0 Å². The van der Waals surface area contributed by atoms with E-state index in [2.05, 4.69) is 20.9 Å². The summed E-state index contributed by atoms with van der Waals surface area (Å²) in [7, 11) is 0. The van der Waals surface area contributed by atoms with Gasteiger partial charge in [-0.15, -0.1) is 0 Å². The zero-order valence-corrected chi connectivity index (χ0v) is 12.3. The lowest BCUT2D eigenvalue weighted by atomic mass is 10.0.